The van der Waals surface area contributed by atoms with E-state index in [1.54, 1.807) is 37.8 Å². The van der Waals surface area contributed by atoms with E-state index in [4.69, 9.17) is 11.2 Å². The minimum absolute atomic E-state index is 0.0327. The molecule has 1 aliphatic rings. The van der Waals surface area contributed by atoms with Crippen LogP contribution >= 0.6 is 0 Å². The van der Waals surface area contributed by atoms with Crippen LogP contribution in [-0.4, -0.2) is 46.5 Å². The Labute approximate surface area is 223 Å². The Bertz CT molecular complexity index is 955. The van der Waals surface area contributed by atoms with Crippen molar-refractivity contribution in [3.63, 3.8) is 0 Å². The van der Waals surface area contributed by atoms with Gasteiger partial charge in [-0.15, -0.1) is 6.42 Å². The molecule has 7 nitrogen and oxygen atoms in total. The minimum Gasteiger partial charge on any atom is -0.444 e. The lowest BCUT2D eigenvalue weighted by Crippen LogP contribution is -2.58. The first kappa shape index (κ1) is 30.2. The van der Waals surface area contributed by atoms with Gasteiger partial charge in [-0.3, -0.25) is 9.59 Å². The highest BCUT2D eigenvalue weighted by atomic mass is 16.6. The number of alkyl carbamates (subject to hydrolysis) is 1. The fourth-order valence-corrected chi connectivity index (χ4v) is 4.53. The first-order chi connectivity index (χ1) is 17.4. The highest BCUT2D eigenvalue weighted by Gasteiger charge is 2.42. The van der Waals surface area contributed by atoms with Gasteiger partial charge in [0.25, 0.3) is 0 Å². The van der Waals surface area contributed by atoms with Crippen LogP contribution in [0.25, 0.3) is 0 Å². The second-order valence-electron chi connectivity index (χ2n) is 11.5. The van der Waals surface area contributed by atoms with Gasteiger partial charge in [0.15, 0.2) is 0 Å². The Balaban J connectivity index is 2.49. The van der Waals surface area contributed by atoms with Gasteiger partial charge in [0, 0.05) is 17.6 Å². The molecule has 7 heteroatoms. The molecule has 37 heavy (non-hydrogen) atoms. The lowest BCUT2D eigenvalue weighted by molar-refractivity contribution is -0.148. The molecule has 3 unspecified atom stereocenters. The van der Waals surface area contributed by atoms with E-state index in [-0.39, 0.29) is 29.8 Å². The number of nitrogens with zero attached hydrogens (tertiary/aromatic N) is 1. The van der Waals surface area contributed by atoms with Crippen LogP contribution in [-0.2, 0) is 14.3 Å². The molecule has 0 aliphatic heterocycles. The van der Waals surface area contributed by atoms with Crippen LogP contribution in [0.4, 0.5) is 4.79 Å². The van der Waals surface area contributed by atoms with E-state index in [2.05, 4.69) is 23.5 Å². The maximum Gasteiger partial charge on any atom is 0.408 e. The Morgan fingerprint density at radius 1 is 1.11 bits per heavy atom. The van der Waals surface area contributed by atoms with Crippen molar-refractivity contribution in [3.8, 4) is 12.3 Å². The van der Waals surface area contributed by atoms with Gasteiger partial charge in [-0.1, -0.05) is 45.2 Å². The first-order valence-corrected chi connectivity index (χ1v) is 13.5. The van der Waals surface area contributed by atoms with Crippen molar-refractivity contribution < 1.29 is 19.1 Å². The molecule has 0 spiro atoms. The summed E-state index contributed by atoms with van der Waals surface area (Å²) < 4.78 is 5.46. The van der Waals surface area contributed by atoms with Crippen molar-refractivity contribution in [3.05, 3.63) is 35.4 Å². The zero-order chi connectivity index (χ0) is 27.8. The molecule has 2 rings (SSSR count). The summed E-state index contributed by atoms with van der Waals surface area (Å²) in [6.07, 6.45) is 9.71. The molecular weight excluding hydrogens is 466 g/mol. The number of carbonyl (C=O) groups excluding carboxylic acids is 3. The smallest absolute Gasteiger partial charge is 0.408 e. The van der Waals surface area contributed by atoms with Crippen LogP contribution in [0.15, 0.2) is 24.3 Å². The molecule has 0 saturated heterocycles. The van der Waals surface area contributed by atoms with E-state index in [0.717, 1.165) is 32.1 Å². The summed E-state index contributed by atoms with van der Waals surface area (Å²) in [6, 6.07) is 5.45. The van der Waals surface area contributed by atoms with Gasteiger partial charge in [-0.05, 0) is 83.4 Å². The summed E-state index contributed by atoms with van der Waals surface area (Å²) in [5, 5.41) is 5.91. The molecule has 204 valence electrons. The Morgan fingerprint density at radius 2 is 1.73 bits per heavy atom. The highest BCUT2D eigenvalue weighted by Crippen LogP contribution is 2.34. The predicted molar refractivity (Wildman–Crippen MR) is 147 cm³/mol. The van der Waals surface area contributed by atoms with E-state index in [9.17, 15) is 14.4 Å². The van der Waals surface area contributed by atoms with Crippen LogP contribution in [0, 0.1) is 18.3 Å². The van der Waals surface area contributed by atoms with Gasteiger partial charge < -0.3 is 20.3 Å². The van der Waals surface area contributed by atoms with Crippen molar-refractivity contribution in [1.29, 1.82) is 0 Å². The largest absolute Gasteiger partial charge is 0.444 e. The first-order valence-electron chi connectivity index (χ1n) is 13.5. The SMILES string of the molecule is C#Cc1ccc(C(C(=O)NC(C)CCC)N(C(=O)C(CC(C)C)NC(=O)OC(C)(C)C)C2CCC2)cc1. The van der Waals surface area contributed by atoms with Crippen LogP contribution in [0.5, 0.6) is 0 Å². The van der Waals surface area contributed by atoms with Crippen molar-refractivity contribution in [1.82, 2.24) is 15.5 Å². The van der Waals surface area contributed by atoms with Gasteiger partial charge in [0.05, 0.1) is 0 Å². The molecular formula is C30H45N3O4. The maximum absolute atomic E-state index is 14.2. The van der Waals surface area contributed by atoms with E-state index in [1.165, 1.54) is 0 Å². The van der Waals surface area contributed by atoms with E-state index >= 15 is 0 Å². The fraction of sp³-hybridized carbons (Fsp3) is 0.633. The molecule has 0 radical (unpaired) electrons. The zero-order valence-electron chi connectivity index (χ0n) is 23.6. The van der Waals surface area contributed by atoms with Gasteiger partial charge >= 0.3 is 6.09 Å². The van der Waals surface area contributed by atoms with Gasteiger partial charge in [0.2, 0.25) is 11.8 Å². The number of amides is 3. The molecule has 0 heterocycles. The van der Waals surface area contributed by atoms with E-state index in [0.29, 0.717) is 17.5 Å². The third-order valence-corrected chi connectivity index (χ3v) is 6.45. The summed E-state index contributed by atoms with van der Waals surface area (Å²) >= 11 is 0. The van der Waals surface area contributed by atoms with Crippen LogP contribution < -0.4 is 10.6 Å². The molecule has 3 atom stereocenters. The van der Waals surface area contributed by atoms with E-state index < -0.39 is 23.8 Å². The minimum atomic E-state index is -0.834. The summed E-state index contributed by atoms with van der Waals surface area (Å²) in [7, 11) is 0. The Kier molecular flexibility index (Phi) is 11.0. The van der Waals surface area contributed by atoms with Crippen LogP contribution in [0.3, 0.4) is 0 Å². The van der Waals surface area contributed by atoms with Crippen LogP contribution in [0.1, 0.15) is 104 Å². The lowest BCUT2D eigenvalue weighted by atomic mass is 9.87. The quantitative estimate of drug-likeness (QED) is 0.393. The molecule has 3 amide bonds. The Morgan fingerprint density at radius 3 is 2.19 bits per heavy atom. The third kappa shape index (κ3) is 9.10. The van der Waals surface area contributed by atoms with Crippen molar-refractivity contribution >= 4 is 17.9 Å². The summed E-state index contributed by atoms with van der Waals surface area (Å²) in [6.45, 7) is 13.4. The van der Waals surface area contributed by atoms with Gasteiger partial charge in [-0.2, -0.15) is 0 Å². The second kappa shape index (κ2) is 13.5. The van der Waals surface area contributed by atoms with Crippen LogP contribution in [0.2, 0.25) is 0 Å². The van der Waals surface area contributed by atoms with E-state index in [1.807, 2.05) is 32.9 Å². The number of hydrogen-bond donors (Lipinski definition) is 2. The van der Waals surface area contributed by atoms with Crippen molar-refractivity contribution in [2.45, 2.75) is 117 Å². The molecule has 2 N–H and O–H groups in total. The Hall–Kier alpha value is -3.01. The summed E-state index contributed by atoms with van der Waals surface area (Å²) in [5.74, 6) is 2.25. The zero-order valence-corrected chi connectivity index (χ0v) is 23.6. The number of hydrogen-bond acceptors (Lipinski definition) is 4. The number of carbonyl (C=O) groups is 3. The monoisotopic (exact) mass is 511 g/mol. The molecule has 1 aromatic rings. The standard InChI is InChI=1S/C30H45N3O4/c1-9-12-21(5)31-27(34)26(23-17-15-22(10-2)16-18-23)33(24-13-11-14-24)28(35)25(19-20(3)4)32-29(36)37-30(6,7)8/h2,15-18,20-21,24-26H,9,11-14,19H2,1,3-8H3,(H,31,34)(H,32,36). The lowest BCUT2D eigenvalue weighted by Gasteiger charge is -2.44. The predicted octanol–water partition coefficient (Wildman–Crippen LogP) is 5.33. The number of terminal acetylenes is 1. The molecule has 0 bridgehead atoms. The number of rotatable bonds is 11. The average molecular weight is 512 g/mol. The fourth-order valence-electron chi connectivity index (χ4n) is 4.53. The number of nitrogens with one attached hydrogen (secondary N) is 2. The molecule has 0 aromatic heterocycles. The topological polar surface area (TPSA) is 87.7 Å². The number of ether oxygens (including phenoxy) is 1. The van der Waals surface area contributed by atoms with Crippen molar-refractivity contribution in [2.24, 2.45) is 5.92 Å². The maximum atomic E-state index is 14.2. The normalized spacial score (nSPS) is 16.1. The summed E-state index contributed by atoms with van der Waals surface area (Å²) in [5.41, 5.74) is 0.703. The van der Waals surface area contributed by atoms with Crippen molar-refractivity contribution in [2.75, 3.05) is 0 Å². The molecule has 1 saturated carbocycles. The number of benzene rings is 1. The van der Waals surface area contributed by atoms with Gasteiger partial charge in [-0.25, -0.2) is 4.79 Å². The molecule has 1 fully saturated rings. The third-order valence-electron chi connectivity index (χ3n) is 6.45. The molecule has 1 aromatic carbocycles. The average Bonchev–Trinajstić information content (AvgIpc) is 2.75. The van der Waals surface area contributed by atoms with Gasteiger partial charge in [0.1, 0.15) is 17.7 Å². The highest BCUT2D eigenvalue weighted by molar-refractivity contribution is 5.92. The second-order valence-corrected chi connectivity index (χ2v) is 11.5. The summed E-state index contributed by atoms with van der Waals surface area (Å²) in [4.78, 5) is 42.4. The molecule has 1 aliphatic carbocycles.